The average Bonchev–Trinajstić information content (AvgIpc) is 4.07. The Labute approximate surface area is 458 Å². The second-order valence-corrected chi connectivity index (χ2v) is 20.9. The molecule has 14 N–H and O–H groups in total. The Morgan fingerprint density at radius 3 is 1.73 bits per heavy atom. The van der Waals surface area contributed by atoms with Gasteiger partial charge in [-0.15, -0.1) is 4.67 Å². The van der Waals surface area contributed by atoms with E-state index in [1.807, 2.05) is 54.6 Å². The highest BCUT2D eigenvalue weighted by molar-refractivity contribution is 7.33. The van der Waals surface area contributed by atoms with Gasteiger partial charge in [-0.2, -0.15) is 0 Å². The maximum absolute atomic E-state index is 14.5. The highest BCUT2D eigenvalue weighted by atomic mass is 31.1. The molecule has 0 aromatic heterocycles. The fourth-order valence-corrected chi connectivity index (χ4v) is 10.1. The molecule has 0 bridgehead atoms. The van der Waals surface area contributed by atoms with E-state index in [0.717, 1.165) is 64.6 Å². The minimum absolute atomic E-state index is 0.00141. The molecular formula is C53H64N7O19P. The van der Waals surface area contributed by atoms with Crippen LogP contribution in [0.5, 0.6) is 5.75 Å². The van der Waals surface area contributed by atoms with E-state index in [2.05, 4.69) is 31.3 Å². The first kappa shape index (κ1) is 60.4. The molecule has 0 radical (unpaired) electrons. The van der Waals surface area contributed by atoms with Crippen molar-refractivity contribution in [3.05, 3.63) is 114 Å². The van der Waals surface area contributed by atoms with Crippen molar-refractivity contribution in [2.24, 2.45) is 5.92 Å². The number of benzene rings is 4. The lowest BCUT2D eigenvalue weighted by molar-refractivity contribution is -0.148. The van der Waals surface area contributed by atoms with Gasteiger partial charge in [0.15, 0.2) is 6.23 Å². The Hall–Kier alpha value is -7.20. The lowest BCUT2D eigenvalue weighted by Gasteiger charge is -2.34. The number of hydrogen-bond donors (Lipinski definition) is 14. The van der Waals surface area contributed by atoms with Crippen molar-refractivity contribution in [1.82, 2.24) is 36.4 Å². The van der Waals surface area contributed by atoms with Crippen molar-refractivity contribution in [2.75, 3.05) is 13.1 Å². The quantitative estimate of drug-likeness (QED) is 0.0417. The van der Waals surface area contributed by atoms with Crippen LogP contribution in [-0.4, -0.2) is 189 Å². The molecular weight excluding hydrogens is 1070 g/mol. The van der Waals surface area contributed by atoms with Gasteiger partial charge < -0.3 is 81.8 Å². The van der Waals surface area contributed by atoms with Gasteiger partial charge in [-0.25, -0.2) is 9.82 Å². The maximum atomic E-state index is 14.5. The Balaban J connectivity index is 1.22. The SMILES string of the molecule is C[C@@H](O)[C@@H]1NC(=O)[C@H]([C@H](O)[C@@H](O)c2ccc(O[PH](=O)OO)cc2)NC(=O)[C@@H]2C[C@@H](O)CN2C(=O)[C@H]([C@@H](C)O)NC(=O)C(NC(=O)c2ccc(-c3ccc(-c4ccccc4)cc3)cc2)C[C@@H](O)[C@@H](O)NC(=O)[C@@H]2[C@@H](O)[C@@H](C)CN2C1=O. The predicted molar refractivity (Wildman–Crippen MR) is 280 cm³/mol. The van der Waals surface area contributed by atoms with Crippen LogP contribution in [0.2, 0.25) is 0 Å². The highest BCUT2D eigenvalue weighted by Crippen LogP contribution is 2.31. The maximum Gasteiger partial charge on any atom is 0.394 e. The highest BCUT2D eigenvalue weighted by Gasteiger charge is 2.50. The lowest BCUT2D eigenvalue weighted by atomic mass is 9.96. The van der Waals surface area contributed by atoms with E-state index in [-0.39, 0.29) is 16.9 Å². The van der Waals surface area contributed by atoms with E-state index >= 15 is 0 Å². The summed E-state index contributed by atoms with van der Waals surface area (Å²) in [6.07, 6.45) is -17.1. The molecule has 3 fully saturated rings. The van der Waals surface area contributed by atoms with E-state index in [1.54, 1.807) is 12.1 Å². The number of nitrogens with zero attached hydrogens (tertiary/aromatic N) is 2. The van der Waals surface area contributed by atoms with Crippen LogP contribution in [0.1, 0.15) is 55.6 Å². The molecule has 0 saturated carbocycles. The average molecular weight is 1130 g/mol. The molecule has 26 nitrogen and oxygen atoms in total. The second kappa shape index (κ2) is 26.4. The molecule has 4 aromatic rings. The van der Waals surface area contributed by atoms with Gasteiger partial charge in [0.1, 0.15) is 60.3 Å². The zero-order valence-electron chi connectivity index (χ0n) is 43.3. The zero-order chi connectivity index (χ0) is 58.3. The normalized spacial score (nSPS) is 28.3. The third kappa shape index (κ3) is 14.0. The lowest BCUT2D eigenvalue weighted by Crippen LogP contribution is -2.64. The van der Waals surface area contributed by atoms with Crippen molar-refractivity contribution in [1.29, 1.82) is 0 Å². The molecule has 3 aliphatic heterocycles. The second-order valence-electron chi connectivity index (χ2n) is 20.0. The molecule has 7 amide bonds. The van der Waals surface area contributed by atoms with Crippen LogP contribution >= 0.6 is 8.25 Å². The van der Waals surface area contributed by atoms with Crippen LogP contribution in [0.3, 0.4) is 0 Å². The van der Waals surface area contributed by atoms with Crippen LogP contribution in [0.25, 0.3) is 22.3 Å². The topological polar surface area (TPSA) is 404 Å². The Morgan fingerprint density at radius 2 is 1.16 bits per heavy atom. The number of aliphatic hydroxyl groups excluding tert-OH is 8. The molecule has 3 heterocycles. The summed E-state index contributed by atoms with van der Waals surface area (Å²) >= 11 is 0. The summed E-state index contributed by atoms with van der Waals surface area (Å²) in [5.41, 5.74) is 3.33. The Kier molecular flexibility index (Phi) is 19.9. The van der Waals surface area contributed by atoms with Crippen molar-refractivity contribution >= 4 is 49.6 Å². The van der Waals surface area contributed by atoms with Gasteiger partial charge in [0.2, 0.25) is 35.4 Å². The monoisotopic (exact) mass is 1130 g/mol. The van der Waals surface area contributed by atoms with Crippen LogP contribution < -0.4 is 31.1 Å². The molecule has 80 heavy (non-hydrogen) atoms. The van der Waals surface area contributed by atoms with Crippen LogP contribution in [-0.2, 0) is 38.0 Å². The van der Waals surface area contributed by atoms with Gasteiger partial charge in [0.25, 0.3) is 5.91 Å². The largest absolute Gasteiger partial charge is 0.425 e. The zero-order valence-corrected chi connectivity index (χ0v) is 44.3. The summed E-state index contributed by atoms with van der Waals surface area (Å²) < 4.78 is 20.1. The smallest absolute Gasteiger partial charge is 0.394 e. The molecule has 3 aliphatic rings. The summed E-state index contributed by atoms with van der Waals surface area (Å²) in [7, 11) is -3.40. The molecule has 4 aromatic carbocycles. The van der Waals surface area contributed by atoms with E-state index in [9.17, 15) is 79.0 Å². The first-order valence-electron chi connectivity index (χ1n) is 25.4. The molecule has 2 unspecified atom stereocenters. The molecule has 16 atom stereocenters. The molecule has 0 aliphatic carbocycles. The third-order valence-corrected chi connectivity index (χ3v) is 14.8. The first-order valence-corrected chi connectivity index (χ1v) is 26.7. The number of amides is 7. The number of carbonyl (C=O) groups is 7. The number of nitrogens with one attached hydrogen (secondary N) is 5. The van der Waals surface area contributed by atoms with Crippen molar-refractivity contribution in [3.8, 4) is 28.0 Å². The van der Waals surface area contributed by atoms with E-state index in [1.165, 1.54) is 19.1 Å². The van der Waals surface area contributed by atoms with Crippen molar-refractivity contribution < 1.29 is 93.4 Å². The van der Waals surface area contributed by atoms with Gasteiger partial charge in [-0.1, -0.05) is 85.8 Å². The number of carbonyl (C=O) groups excluding carboxylic acids is 7. The van der Waals surface area contributed by atoms with Crippen LogP contribution in [0, 0.1) is 5.92 Å². The summed E-state index contributed by atoms with van der Waals surface area (Å²) in [6.45, 7) is 2.58. The molecule has 3 saturated heterocycles. The minimum atomic E-state index is -3.40. The Morgan fingerprint density at radius 1 is 0.637 bits per heavy atom. The summed E-state index contributed by atoms with van der Waals surface area (Å²) in [6, 6.07) is 16.2. The van der Waals surface area contributed by atoms with Gasteiger partial charge in [-0.3, -0.25) is 33.6 Å². The van der Waals surface area contributed by atoms with Crippen molar-refractivity contribution in [3.63, 3.8) is 0 Å². The number of fused-ring (bicyclic) bond motifs is 2. The fourth-order valence-electron chi connectivity index (χ4n) is 9.74. The number of hydrogen-bond acceptors (Lipinski definition) is 19. The van der Waals surface area contributed by atoms with Crippen LogP contribution in [0.4, 0.5) is 0 Å². The third-order valence-electron chi connectivity index (χ3n) is 14.2. The van der Waals surface area contributed by atoms with E-state index in [4.69, 9.17) is 9.78 Å². The first-order chi connectivity index (χ1) is 38.0. The van der Waals surface area contributed by atoms with Gasteiger partial charge in [0.05, 0.1) is 24.4 Å². The molecule has 0 spiro atoms. The number of rotatable bonds is 12. The fraction of sp³-hybridized carbons (Fsp3) is 0.415. The Bertz CT molecular complexity index is 2890. The molecule has 430 valence electrons. The standard InChI is InChI=1S/C53H64N7O19P/c1-25-23-60-42(43(25)65)51(73)58-49(71)38(64)22-36(54-46(68)33-15-13-31(14-16-33)30-11-9-29(10-12-30)28-7-5-4-6-8-28)47(69)55-39(26(2)61)52(74)59-24-34(63)21-37(59)48(70)57-41(50(72)56-40(27(3)62)53(60)75)45(67)44(66)32-17-19-35(20-18-32)78-80(77)79-76/h4-20,25-27,34,36-45,49,61-67,71,76,80H,21-24H2,1-3H3,(H,54,68)(H,55,69)(H,56,72)(H,57,70)(H,58,73)/t25-,26+,27+,34+,36?,37-,38+,39-,40-,41-,42-,43-,44-,45-,49+/m0/s1. The van der Waals surface area contributed by atoms with Crippen LogP contribution in [0.15, 0.2) is 103 Å². The summed E-state index contributed by atoms with van der Waals surface area (Å²) in [4.78, 5) is 102. The van der Waals surface area contributed by atoms with E-state index < -0.39 is 167 Å². The predicted octanol–water partition coefficient (Wildman–Crippen LogP) is -1.94. The van der Waals surface area contributed by atoms with Crippen molar-refractivity contribution in [2.45, 2.75) is 119 Å². The summed E-state index contributed by atoms with van der Waals surface area (Å²) in [5.74, 6) is -9.59. The molecule has 27 heteroatoms. The van der Waals surface area contributed by atoms with E-state index in [0.29, 0.717) is 5.56 Å². The summed E-state index contributed by atoms with van der Waals surface area (Å²) in [5, 5.41) is 110. The van der Waals surface area contributed by atoms with Gasteiger partial charge in [-0.05, 0) is 65.9 Å². The minimum Gasteiger partial charge on any atom is -0.425 e. The number of aliphatic hydroxyl groups is 8. The van der Waals surface area contributed by atoms with Gasteiger partial charge >= 0.3 is 8.25 Å². The molecule has 7 rings (SSSR count). The van der Waals surface area contributed by atoms with Gasteiger partial charge in [0, 0.05) is 37.4 Å².